The second-order valence-electron chi connectivity index (χ2n) is 4.93. The summed E-state index contributed by atoms with van der Waals surface area (Å²) in [6.07, 6.45) is 1.58. The second-order valence-corrected chi connectivity index (χ2v) is 8.21. The number of sulfone groups is 1. The van der Waals surface area contributed by atoms with Crippen molar-refractivity contribution in [2.75, 3.05) is 5.75 Å². The van der Waals surface area contributed by atoms with E-state index in [0.29, 0.717) is 22.1 Å². The van der Waals surface area contributed by atoms with Gasteiger partial charge in [-0.05, 0) is 36.5 Å². The molecule has 0 saturated carbocycles. The quantitative estimate of drug-likeness (QED) is 0.742. The van der Waals surface area contributed by atoms with Crippen molar-refractivity contribution < 1.29 is 8.42 Å². The molecule has 1 rings (SSSR count). The highest BCUT2D eigenvalue weighted by molar-refractivity contribution is 9.09. The van der Waals surface area contributed by atoms with Crippen molar-refractivity contribution in [3.8, 4) is 0 Å². The zero-order valence-electron chi connectivity index (χ0n) is 11.2. The van der Waals surface area contributed by atoms with Crippen LogP contribution in [0.4, 0.5) is 0 Å². The molecule has 102 valence electrons. The van der Waals surface area contributed by atoms with Gasteiger partial charge in [-0.15, -0.1) is 0 Å². The van der Waals surface area contributed by atoms with E-state index < -0.39 is 9.84 Å². The van der Waals surface area contributed by atoms with Crippen molar-refractivity contribution in [2.24, 2.45) is 5.92 Å². The summed E-state index contributed by atoms with van der Waals surface area (Å²) in [5.74, 6) is 0.785. The maximum Gasteiger partial charge on any atom is 0.178 e. The summed E-state index contributed by atoms with van der Waals surface area (Å²) >= 11 is 3.64. The molecule has 1 aromatic rings. The summed E-state index contributed by atoms with van der Waals surface area (Å²) in [5.41, 5.74) is 1.17. The molecule has 0 saturated heterocycles. The molecule has 0 heterocycles. The highest BCUT2D eigenvalue weighted by Crippen LogP contribution is 2.19. The third-order valence-corrected chi connectivity index (χ3v) is 6.23. The smallest absolute Gasteiger partial charge is 0.178 e. The van der Waals surface area contributed by atoms with Crippen molar-refractivity contribution >= 4 is 25.8 Å². The molecular weight excluding hydrogens is 312 g/mol. The van der Waals surface area contributed by atoms with Gasteiger partial charge in [-0.1, -0.05) is 48.8 Å². The summed E-state index contributed by atoms with van der Waals surface area (Å²) in [5, 5.41) is 0. The standard InChI is InChI=1S/C14H21BrO2S/c1-4-9-18(16,17)13-7-5-12(6-8-13)10-14(15)11(2)3/h5-8,11,14H,4,9-10H2,1-3H3. The molecule has 1 aromatic carbocycles. The minimum atomic E-state index is -3.08. The maximum atomic E-state index is 11.9. The van der Waals surface area contributed by atoms with Crippen LogP contribution in [0.1, 0.15) is 32.8 Å². The Morgan fingerprint density at radius 2 is 1.72 bits per heavy atom. The molecule has 0 aliphatic heterocycles. The van der Waals surface area contributed by atoms with Gasteiger partial charge in [0.15, 0.2) is 9.84 Å². The average molecular weight is 333 g/mol. The van der Waals surface area contributed by atoms with Crippen molar-refractivity contribution in [2.45, 2.75) is 43.3 Å². The van der Waals surface area contributed by atoms with Crippen LogP contribution < -0.4 is 0 Å². The Bertz CT molecular complexity index is 463. The molecule has 0 bridgehead atoms. The van der Waals surface area contributed by atoms with Crippen LogP contribution >= 0.6 is 15.9 Å². The van der Waals surface area contributed by atoms with Crippen LogP contribution in [-0.4, -0.2) is 19.0 Å². The Labute approximate surface area is 119 Å². The monoisotopic (exact) mass is 332 g/mol. The van der Waals surface area contributed by atoms with Crippen LogP contribution in [0, 0.1) is 5.92 Å². The molecule has 0 spiro atoms. The van der Waals surface area contributed by atoms with E-state index in [0.717, 1.165) is 6.42 Å². The number of halogens is 1. The van der Waals surface area contributed by atoms with Gasteiger partial charge < -0.3 is 0 Å². The Balaban J connectivity index is 2.81. The molecule has 0 aromatic heterocycles. The summed E-state index contributed by atoms with van der Waals surface area (Å²) in [7, 11) is -3.08. The molecule has 0 fully saturated rings. The van der Waals surface area contributed by atoms with E-state index in [4.69, 9.17) is 0 Å². The first-order valence-corrected chi connectivity index (χ1v) is 8.89. The van der Waals surface area contributed by atoms with Crippen LogP contribution in [0.3, 0.4) is 0 Å². The number of rotatable bonds is 6. The second kappa shape index (κ2) is 6.71. The topological polar surface area (TPSA) is 34.1 Å². The number of hydrogen-bond acceptors (Lipinski definition) is 2. The number of alkyl halides is 1. The SMILES string of the molecule is CCCS(=O)(=O)c1ccc(CC(Br)C(C)C)cc1. The van der Waals surface area contributed by atoms with Crippen molar-refractivity contribution in [1.29, 1.82) is 0 Å². The zero-order valence-corrected chi connectivity index (χ0v) is 13.6. The fraction of sp³-hybridized carbons (Fsp3) is 0.571. The molecule has 1 atom stereocenters. The Kier molecular flexibility index (Phi) is 5.86. The van der Waals surface area contributed by atoms with Gasteiger partial charge in [0.25, 0.3) is 0 Å². The zero-order chi connectivity index (χ0) is 13.8. The first-order valence-electron chi connectivity index (χ1n) is 6.32. The molecule has 0 aliphatic carbocycles. The van der Waals surface area contributed by atoms with E-state index in [1.54, 1.807) is 12.1 Å². The van der Waals surface area contributed by atoms with E-state index >= 15 is 0 Å². The van der Waals surface area contributed by atoms with E-state index in [2.05, 4.69) is 29.8 Å². The summed E-state index contributed by atoms with van der Waals surface area (Å²) in [6, 6.07) is 7.28. The molecule has 0 radical (unpaired) electrons. The van der Waals surface area contributed by atoms with Crippen molar-refractivity contribution in [3.63, 3.8) is 0 Å². The highest BCUT2D eigenvalue weighted by atomic mass is 79.9. The summed E-state index contributed by atoms with van der Waals surface area (Å²) in [6.45, 7) is 6.21. The fourth-order valence-corrected chi connectivity index (χ4v) is 3.38. The van der Waals surface area contributed by atoms with Crippen molar-refractivity contribution in [3.05, 3.63) is 29.8 Å². The van der Waals surface area contributed by atoms with E-state index in [1.807, 2.05) is 19.1 Å². The lowest BCUT2D eigenvalue weighted by Crippen LogP contribution is -2.11. The van der Waals surface area contributed by atoms with Gasteiger partial charge in [0.1, 0.15) is 0 Å². The first kappa shape index (κ1) is 15.7. The predicted octanol–water partition coefficient (Wildman–Crippen LogP) is 3.83. The molecule has 0 N–H and O–H groups in total. The Morgan fingerprint density at radius 3 is 2.17 bits per heavy atom. The highest BCUT2D eigenvalue weighted by Gasteiger charge is 2.14. The minimum Gasteiger partial charge on any atom is -0.224 e. The molecule has 0 amide bonds. The predicted molar refractivity (Wildman–Crippen MR) is 80.0 cm³/mol. The van der Waals surface area contributed by atoms with E-state index in [9.17, 15) is 8.42 Å². The van der Waals surface area contributed by atoms with Gasteiger partial charge in [0.05, 0.1) is 10.6 Å². The van der Waals surface area contributed by atoms with Crippen LogP contribution in [0.5, 0.6) is 0 Å². The van der Waals surface area contributed by atoms with Crippen LogP contribution in [0.15, 0.2) is 29.2 Å². The summed E-state index contributed by atoms with van der Waals surface area (Å²) in [4.78, 5) is 0.861. The van der Waals surface area contributed by atoms with Gasteiger partial charge in [0.2, 0.25) is 0 Å². The molecule has 18 heavy (non-hydrogen) atoms. The third kappa shape index (κ3) is 4.39. The van der Waals surface area contributed by atoms with Crippen LogP contribution in [0.25, 0.3) is 0 Å². The van der Waals surface area contributed by atoms with E-state index in [1.165, 1.54) is 5.56 Å². The van der Waals surface area contributed by atoms with Crippen molar-refractivity contribution in [1.82, 2.24) is 0 Å². The van der Waals surface area contributed by atoms with Crippen LogP contribution in [-0.2, 0) is 16.3 Å². The Morgan fingerprint density at radius 1 is 1.17 bits per heavy atom. The first-order chi connectivity index (χ1) is 8.36. The number of benzene rings is 1. The van der Waals surface area contributed by atoms with Gasteiger partial charge in [-0.3, -0.25) is 0 Å². The Hall–Kier alpha value is -0.350. The summed E-state index contributed by atoms with van der Waals surface area (Å²) < 4.78 is 23.7. The molecule has 0 aliphatic rings. The molecule has 4 heteroatoms. The fourth-order valence-electron chi connectivity index (χ4n) is 1.68. The third-order valence-electron chi connectivity index (χ3n) is 2.91. The van der Waals surface area contributed by atoms with Crippen LogP contribution in [0.2, 0.25) is 0 Å². The maximum absolute atomic E-state index is 11.9. The van der Waals surface area contributed by atoms with Gasteiger partial charge in [-0.25, -0.2) is 8.42 Å². The lowest BCUT2D eigenvalue weighted by atomic mass is 10.0. The van der Waals surface area contributed by atoms with Gasteiger partial charge in [-0.2, -0.15) is 0 Å². The largest absolute Gasteiger partial charge is 0.224 e. The average Bonchev–Trinajstić information content (AvgIpc) is 2.29. The lowest BCUT2D eigenvalue weighted by Gasteiger charge is -2.13. The van der Waals surface area contributed by atoms with Gasteiger partial charge in [0, 0.05) is 4.83 Å². The molecule has 2 nitrogen and oxygen atoms in total. The molecule has 1 unspecified atom stereocenters. The van der Waals surface area contributed by atoms with Gasteiger partial charge >= 0.3 is 0 Å². The normalized spacial score (nSPS) is 13.8. The number of hydrogen-bond donors (Lipinski definition) is 0. The van der Waals surface area contributed by atoms with E-state index in [-0.39, 0.29) is 5.75 Å². The molecular formula is C14H21BrO2S. The minimum absolute atomic E-state index is 0.222. The lowest BCUT2D eigenvalue weighted by molar-refractivity contribution is 0.594.